The third-order valence-corrected chi connectivity index (χ3v) is 6.34. The normalized spacial score (nSPS) is 18.5. The number of fused-ring (bicyclic) bond motifs is 1. The zero-order valence-corrected chi connectivity index (χ0v) is 17.3. The van der Waals surface area contributed by atoms with Crippen LogP contribution >= 0.6 is 0 Å². The lowest BCUT2D eigenvalue weighted by atomic mass is 9.77. The monoisotopic (exact) mass is 446 g/mol. The predicted octanol–water partition coefficient (Wildman–Crippen LogP) is 7.76. The van der Waals surface area contributed by atoms with Crippen molar-refractivity contribution in [2.75, 3.05) is 0 Å². The van der Waals surface area contributed by atoms with E-state index in [0.717, 1.165) is 31.4 Å². The Morgan fingerprint density at radius 2 is 1.31 bits per heavy atom. The zero-order chi connectivity index (χ0) is 23.0. The Hall–Kier alpha value is -2.94. The minimum atomic E-state index is -1.52. The smallest absolute Gasteiger partial charge is 0.177 e. The van der Waals surface area contributed by atoms with Crippen molar-refractivity contribution in [3.8, 4) is 11.8 Å². The van der Waals surface area contributed by atoms with Gasteiger partial charge in [0, 0.05) is 11.1 Å². The molecule has 3 aromatic rings. The SMILES string of the molecule is CCC1CCC(c2c(F)c(F)c(C#Cc3ccc4cc(F)c(F)cc4c3)c(F)c2F)CC1. The Morgan fingerprint density at radius 1 is 0.719 bits per heavy atom. The highest BCUT2D eigenvalue weighted by Crippen LogP contribution is 2.40. The molecule has 0 spiro atoms. The van der Waals surface area contributed by atoms with Gasteiger partial charge in [0.05, 0.1) is 0 Å². The van der Waals surface area contributed by atoms with Crippen molar-refractivity contribution < 1.29 is 26.3 Å². The minimum Gasteiger partial charge on any atom is -0.204 e. The van der Waals surface area contributed by atoms with E-state index in [1.165, 1.54) is 18.2 Å². The molecule has 0 unspecified atom stereocenters. The summed E-state index contributed by atoms with van der Waals surface area (Å²) in [5, 5.41) is 0.734. The summed E-state index contributed by atoms with van der Waals surface area (Å²) < 4.78 is 85.7. The number of halogens is 6. The first kappa shape index (κ1) is 22.3. The summed E-state index contributed by atoms with van der Waals surface area (Å²) >= 11 is 0. The lowest BCUT2D eigenvalue weighted by Gasteiger charge is -2.28. The van der Waals surface area contributed by atoms with Crippen molar-refractivity contribution >= 4 is 10.8 Å². The molecule has 1 fully saturated rings. The molecule has 0 heterocycles. The Balaban J connectivity index is 1.70. The largest absolute Gasteiger partial charge is 0.204 e. The van der Waals surface area contributed by atoms with Crippen LogP contribution in [0.25, 0.3) is 10.8 Å². The third kappa shape index (κ3) is 4.09. The molecule has 0 aliphatic heterocycles. The van der Waals surface area contributed by atoms with E-state index in [4.69, 9.17) is 0 Å². The van der Waals surface area contributed by atoms with Crippen LogP contribution in [0.3, 0.4) is 0 Å². The zero-order valence-electron chi connectivity index (χ0n) is 17.3. The molecule has 4 rings (SSSR count). The summed E-state index contributed by atoms with van der Waals surface area (Å²) in [4.78, 5) is 0. The highest BCUT2D eigenvalue weighted by atomic mass is 19.2. The van der Waals surface area contributed by atoms with Crippen LogP contribution in [0.1, 0.15) is 61.6 Å². The summed E-state index contributed by atoms with van der Waals surface area (Å²) in [6.07, 6.45) is 3.44. The van der Waals surface area contributed by atoms with Gasteiger partial charge in [-0.25, -0.2) is 26.3 Å². The molecule has 3 aromatic carbocycles. The van der Waals surface area contributed by atoms with Crippen molar-refractivity contribution in [2.24, 2.45) is 5.92 Å². The molecule has 6 heteroatoms. The fourth-order valence-corrected chi connectivity index (χ4v) is 4.43. The predicted molar refractivity (Wildman–Crippen MR) is 111 cm³/mol. The van der Waals surface area contributed by atoms with Crippen molar-refractivity contribution in [2.45, 2.75) is 44.9 Å². The Morgan fingerprint density at radius 3 is 1.91 bits per heavy atom. The topological polar surface area (TPSA) is 0 Å². The van der Waals surface area contributed by atoms with E-state index in [9.17, 15) is 26.3 Å². The molecule has 32 heavy (non-hydrogen) atoms. The van der Waals surface area contributed by atoms with Gasteiger partial charge in [-0.05, 0) is 72.6 Å². The summed E-state index contributed by atoms with van der Waals surface area (Å²) in [7, 11) is 0. The molecular weight excluding hydrogens is 426 g/mol. The summed E-state index contributed by atoms with van der Waals surface area (Å²) in [6, 6.07) is 6.28. The van der Waals surface area contributed by atoms with Crippen LogP contribution in [0.5, 0.6) is 0 Å². The fraction of sp³-hybridized carbons (Fsp3) is 0.308. The highest BCUT2D eigenvalue weighted by molar-refractivity contribution is 5.84. The summed E-state index contributed by atoms with van der Waals surface area (Å²) in [5.74, 6) is -3.37. The molecule has 0 saturated heterocycles. The molecule has 0 N–H and O–H groups in total. The van der Waals surface area contributed by atoms with Gasteiger partial charge in [0.15, 0.2) is 34.9 Å². The molecular formula is C26H20F6. The number of benzene rings is 3. The van der Waals surface area contributed by atoms with Crippen LogP contribution < -0.4 is 0 Å². The van der Waals surface area contributed by atoms with Gasteiger partial charge in [-0.15, -0.1) is 0 Å². The van der Waals surface area contributed by atoms with E-state index in [-0.39, 0.29) is 5.56 Å². The van der Waals surface area contributed by atoms with Crippen molar-refractivity contribution in [1.29, 1.82) is 0 Å². The van der Waals surface area contributed by atoms with E-state index in [2.05, 4.69) is 11.8 Å². The second-order valence-electron chi connectivity index (χ2n) is 8.25. The lowest BCUT2D eigenvalue weighted by molar-refractivity contribution is 0.303. The highest BCUT2D eigenvalue weighted by Gasteiger charge is 2.31. The van der Waals surface area contributed by atoms with Crippen LogP contribution in [0.2, 0.25) is 0 Å². The van der Waals surface area contributed by atoms with Crippen LogP contribution in [-0.2, 0) is 0 Å². The van der Waals surface area contributed by atoms with E-state index in [1.807, 2.05) is 6.92 Å². The van der Waals surface area contributed by atoms with E-state index >= 15 is 0 Å². The summed E-state index contributed by atoms with van der Waals surface area (Å²) in [5.41, 5.74) is -1.30. The molecule has 0 atom stereocenters. The molecule has 1 aliphatic carbocycles. The molecule has 166 valence electrons. The first-order valence-electron chi connectivity index (χ1n) is 10.6. The Labute approximate surface area is 182 Å². The van der Waals surface area contributed by atoms with Crippen LogP contribution in [-0.4, -0.2) is 0 Å². The minimum absolute atomic E-state index is 0.227. The Bertz CT molecular complexity index is 1210. The molecule has 1 saturated carbocycles. The van der Waals surface area contributed by atoms with E-state index < -0.39 is 51.9 Å². The average Bonchev–Trinajstić information content (AvgIpc) is 2.79. The maximum Gasteiger partial charge on any atom is 0.177 e. The average molecular weight is 446 g/mol. The number of hydrogen-bond donors (Lipinski definition) is 0. The van der Waals surface area contributed by atoms with Gasteiger partial charge in [-0.3, -0.25) is 0 Å². The van der Waals surface area contributed by atoms with Gasteiger partial charge >= 0.3 is 0 Å². The summed E-state index contributed by atoms with van der Waals surface area (Å²) in [6.45, 7) is 2.04. The molecule has 0 bridgehead atoms. The molecule has 0 nitrogen and oxygen atoms in total. The first-order chi connectivity index (χ1) is 15.3. The molecule has 0 aromatic heterocycles. The van der Waals surface area contributed by atoms with Crippen LogP contribution in [0.15, 0.2) is 30.3 Å². The van der Waals surface area contributed by atoms with Gasteiger partial charge < -0.3 is 0 Å². The second kappa shape index (κ2) is 8.90. The maximum absolute atomic E-state index is 14.8. The number of rotatable bonds is 2. The molecule has 0 radical (unpaired) electrons. The quantitative estimate of drug-likeness (QED) is 0.214. The fourth-order valence-electron chi connectivity index (χ4n) is 4.43. The van der Waals surface area contributed by atoms with Gasteiger partial charge in [-0.1, -0.05) is 31.3 Å². The van der Waals surface area contributed by atoms with E-state index in [1.54, 1.807) is 0 Å². The third-order valence-electron chi connectivity index (χ3n) is 6.34. The van der Waals surface area contributed by atoms with Gasteiger partial charge in [0.2, 0.25) is 0 Å². The first-order valence-corrected chi connectivity index (χ1v) is 10.6. The maximum atomic E-state index is 14.8. The van der Waals surface area contributed by atoms with E-state index in [0.29, 0.717) is 29.5 Å². The Kier molecular flexibility index (Phi) is 6.19. The van der Waals surface area contributed by atoms with Crippen molar-refractivity contribution in [3.63, 3.8) is 0 Å². The standard InChI is InChI=1S/C26H20F6/c1-2-14-3-7-16(8-4-14)22-25(31)23(29)19(24(30)26(22)32)10-6-15-5-9-17-12-20(27)21(28)13-18(17)11-15/h5,9,11-14,16H,2-4,7-8H2,1H3. The van der Waals surface area contributed by atoms with Crippen molar-refractivity contribution in [3.05, 3.63) is 81.9 Å². The lowest BCUT2D eigenvalue weighted by Crippen LogP contribution is -2.17. The van der Waals surface area contributed by atoms with Crippen LogP contribution in [0.4, 0.5) is 26.3 Å². The van der Waals surface area contributed by atoms with Gasteiger partial charge in [0.25, 0.3) is 0 Å². The number of hydrogen-bond acceptors (Lipinski definition) is 0. The molecule has 1 aliphatic rings. The van der Waals surface area contributed by atoms with Gasteiger partial charge in [-0.2, -0.15) is 0 Å². The van der Waals surface area contributed by atoms with Gasteiger partial charge in [0.1, 0.15) is 5.56 Å². The second-order valence-corrected chi connectivity index (χ2v) is 8.25. The molecule has 0 amide bonds. The van der Waals surface area contributed by atoms with Crippen LogP contribution in [0, 0.1) is 52.7 Å². The van der Waals surface area contributed by atoms with Crippen molar-refractivity contribution in [1.82, 2.24) is 0 Å².